The molecule has 0 spiro atoms. The van der Waals surface area contributed by atoms with Crippen molar-refractivity contribution in [1.29, 1.82) is 0 Å². The van der Waals surface area contributed by atoms with E-state index >= 15 is 0 Å². The summed E-state index contributed by atoms with van der Waals surface area (Å²) < 4.78 is 11.5. The second-order valence-corrected chi connectivity index (χ2v) is 12.1. The number of rotatable bonds is 8. The Balaban J connectivity index is 2.32. The van der Waals surface area contributed by atoms with E-state index in [0.717, 1.165) is 22.2 Å². The summed E-state index contributed by atoms with van der Waals surface area (Å²) in [6.45, 7) is 6.59. The van der Waals surface area contributed by atoms with Crippen molar-refractivity contribution in [2.24, 2.45) is 0 Å². The second-order valence-electron chi connectivity index (χ2n) is 5.65. The molecule has 122 valence electrons. The fourth-order valence-electron chi connectivity index (χ4n) is 1.74. The first-order valence-electron chi connectivity index (χ1n) is 7.33. The van der Waals surface area contributed by atoms with Gasteiger partial charge in [0, 0.05) is 7.11 Å². The monoisotopic (exact) mass is 356 g/mol. The first-order chi connectivity index (χ1) is 10.4. The van der Waals surface area contributed by atoms with E-state index in [9.17, 15) is 4.79 Å². The van der Waals surface area contributed by atoms with Crippen LogP contribution in [-0.4, -0.2) is 37.4 Å². The number of hydrogen-bond acceptors (Lipinski definition) is 5. The zero-order chi connectivity index (χ0) is 16.6. The van der Waals surface area contributed by atoms with Crippen LogP contribution in [0.5, 0.6) is 0 Å². The number of carbonyl (C=O) groups excluding carboxylic acids is 1. The molecule has 1 unspecified atom stereocenters. The van der Waals surface area contributed by atoms with Gasteiger partial charge in [-0.05, 0) is 38.0 Å². The van der Waals surface area contributed by atoms with Crippen LogP contribution in [0.2, 0.25) is 19.1 Å². The van der Waals surface area contributed by atoms with Crippen molar-refractivity contribution in [3.63, 3.8) is 0 Å². The number of benzene rings is 1. The van der Waals surface area contributed by atoms with E-state index in [2.05, 4.69) is 13.1 Å². The first kappa shape index (κ1) is 19.4. The number of thiocarbonyl (C=S) groups is 1. The highest BCUT2D eigenvalue weighted by Crippen LogP contribution is 2.20. The van der Waals surface area contributed by atoms with Crippen LogP contribution >= 0.6 is 24.0 Å². The predicted molar refractivity (Wildman–Crippen MR) is 100 cm³/mol. The number of hydrogen-bond donors (Lipinski definition) is 0. The van der Waals surface area contributed by atoms with Crippen molar-refractivity contribution in [3.05, 3.63) is 35.9 Å². The third-order valence-electron chi connectivity index (χ3n) is 3.35. The van der Waals surface area contributed by atoms with Crippen molar-refractivity contribution in [2.45, 2.75) is 37.7 Å². The van der Waals surface area contributed by atoms with Crippen LogP contribution in [0, 0.1) is 0 Å². The lowest BCUT2D eigenvalue weighted by molar-refractivity contribution is -0.142. The van der Waals surface area contributed by atoms with Gasteiger partial charge in [0.2, 0.25) is 0 Å². The Bertz CT molecular complexity index is 491. The van der Waals surface area contributed by atoms with Crippen LogP contribution in [0.1, 0.15) is 18.9 Å². The van der Waals surface area contributed by atoms with E-state index in [0.29, 0.717) is 6.61 Å². The van der Waals surface area contributed by atoms with Gasteiger partial charge >= 0.3 is 5.97 Å². The van der Waals surface area contributed by atoms with Crippen LogP contribution in [0.3, 0.4) is 0 Å². The first-order valence-corrected chi connectivity index (χ1v) is 11.7. The Kier molecular flexibility index (Phi) is 8.31. The molecule has 0 N–H and O–H groups in total. The Labute approximate surface area is 143 Å². The molecular formula is C16H24O3S2Si. The number of carbonyl (C=O) groups is 1. The molecule has 1 rings (SSSR count). The summed E-state index contributed by atoms with van der Waals surface area (Å²) in [5, 5.41) is -0.291. The van der Waals surface area contributed by atoms with Crippen LogP contribution in [-0.2, 0) is 14.0 Å². The van der Waals surface area contributed by atoms with Crippen molar-refractivity contribution >= 4 is 42.5 Å². The molecule has 1 aromatic carbocycles. The fourth-order valence-corrected chi connectivity index (χ4v) is 4.27. The van der Waals surface area contributed by atoms with Crippen LogP contribution in [0.15, 0.2) is 30.3 Å². The minimum absolute atomic E-state index is 0.208. The Morgan fingerprint density at radius 3 is 2.55 bits per heavy atom. The maximum atomic E-state index is 12.0. The molecule has 0 amide bonds. The van der Waals surface area contributed by atoms with Crippen molar-refractivity contribution < 1.29 is 14.0 Å². The molecule has 0 bridgehead atoms. The standard InChI is InChI=1S/C16H24O3S2Si/c1-13(21-16(20)14-9-6-5-7-10-14)15(17)19-11-8-12-22(3,4)18-2/h5-7,9-10,13H,8,11-12H2,1-4H3. The average molecular weight is 357 g/mol. The molecule has 1 atom stereocenters. The zero-order valence-corrected chi connectivity index (χ0v) is 16.3. The van der Waals surface area contributed by atoms with E-state index in [1.165, 1.54) is 11.8 Å². The minimum atomic E-state index is -1.56. The third kappa shape index (κ3) is 7.04. The van der Waals surface area contributed by atoms with E-state index in [-0.39, 0.29) is 11.2 Å². The topological polar surface area (TPSA) is 35.5 Å². The minimum Gasteiger partial charge on any atom is -0.465 e. The van der Waals surface area contributed by atoms with Gasteiger partial charge in [-0.1, -0.05) is 54.3 Å². The van der Waals surface area contributed by atoms with Gasteiger partial charge in [-0.2, -0.15) is 0 Å². The third-order valence-corrected chi connectivity index (χ3v) is 7.53. The molecule has 0 aliphatic heterocycles. The maximum absolute atomic E-state index is 12.0. The van der Waals surface area contributed by atoms with Crippen molar-refractivity contribution in [2.75, 3.05) is 13.7 Å². The van der Waals surface area contributed by atoms with Gasteiger partial charge in [0.05, 0.1) is 10.8 Å². The lowest BCUT2D eigenvalue weighted by atomic mass is 10.2. The molecule has 22 heavy (non-hydrogen) atoms. The summed E-state index contributed by atoms with van der Waals surface area (Å²) >= 11 is 6.73. The molecule has 1 aromatic rings. The summed E-state index contributed by atoms with van der Waals surface area (Å²) in [5.74, 6) is -0.208. The fraction of sp³-hybridized carbons (Fsp3) is 0.500. The summed E-state index contributed by atoms with van der Waals surface area (Å²) in [5.41, 5.74) is 0.968. The molecule has 0 aliphatic carbocycles. The van der Waals surface area contributed by atoms with Gasteiger partial charge in [0.1, 0.15) is 5.25 Å². The molecular weight excluding hydrogens is 332 g/mol. The van der Waals surface area contributed by atoms with E-state index < -0.39 is 8.32 Å². The molecule has 0 aromatic heterocycles. The predicted octanol–water partition coefficient (Wildman–Crippen LogP) is 4.27. The molecule has 0 heterocycles. The lowest BCUT2D eigenvalue weighted by Crippen LogP contribution is -2.29. The van der Waals surface area contributed by atoms with Gasteiger partial charge in [0.25, 0.3) is 0 Å². The summed E-state index contributed by atoms with van der Waals surface area (Å²) in [6, 6.07) is 10.7. The molecule has 6 heteroatoms. The lowest BCUT2D eigenvalue weighted by Gasteiger charge is -2.19. The van der Waals surface area contributed by atoms with Gasteiger partial charge in [-0.3, -0.25) is 4.79 Å². The molecule has 3 nitrogen and oxygen atoms in total. The summed E-state index contributed by atoms with van der Waals surface area (Å²) in [4.78, 5) is 12.0. The van der Waals surface area contributed by atoms with Gasteiger partial charge in [-0.25, -0.2) is 0 Å². The maximum Gasteiger partial charge on any atom is 0.319 e. The molecule has 0 aliphatic rings. The molecule has 0 radical (unpaired) electrons. The largest absolute Gasteiger partial charge is 0.465 e. The SMILES string of the molecule is CO[Si](C)(C)CCCOC(=O)C(C)SC(=S)c1ccccc1. The Hall–Kier alpha value is -0.693. The van der Waals surface area contributed by atoms with Crippen LogP contribution in [0.4, 0.5) is 0 Å². The smallest absolute Gasteiger partial charge is 0.319 e. The highest BCUT2D eigenvalue weighted by Gasteiger charge is 2.21. The van der Waals surface area contributed by atoms with Gasteiger partial charge < -0.3 is 9.16 Å². The van der Waals surface area contributed by atoms with Crippen LogP contribution < -0.4 is 0 Å². The second kappa shape index (κ2) is 9.45. The Morgan fingerprint density at radius 2 is 1.95 bits per heavy atom. The van der Waals surface area contributed by atoms with E-state index in [1.807, 2.05) is 37.3 Å². The van der Waals surface area contributed by atoms with Gasteiger partial charge in [0.15, 0.2) is 8.32 Å². The van der Waals surface area contributed by atoms with Gasteiger partial charge in [-0.15, -0.1) is 0 Å². The quantitative estimate of drug-likeness (QED) is 0.301. The zero-order valence-electron chi connectivity index (χ0n) is 13.6. The van der Waals surface area contributed by atoms with Crippen LogP contribution in [0.25, 0.3) is 0 Å². The van der Waals surface area contributed by atoms with Crippen molar-refractivity contribution in [3.8, 4) is 0 Å². The highest BCUT2D eigenvalue weighted by atomic mass is 32.2. The number of thioether (sulfide) groups is 1. The number of ether oxygens (including phenoxy) is 1. The molecule has 0 saturated carbocycles. The summed E-state index contributed by atoms with van der Waals surface area (Å²) in [6.07, 6.45) is 0.847. The normalized spacial score (nSPS) is 12.7. The molecule has 0 saturated heterocycles. The summed E-state index contributed by atoms with van der Waals surface area (Å²) in [7, 11) is 0.187. The van der Waals surface area contributed by atoms with E-state index in [4.69, 9.17) is 21.4 Å². The van der Waals surface area contributed by atoms with E-state index in [1.54, 1.807) is 7.11 Å². The number of esters is 1. The average Bonchev–Trinajstić information content (AvgIpc) is 2.52. The highest BCUT2D eigenvalue weighted by molar-refractivity contribution is 8.24. The van der Waals surface area contributed by atoms with Crippen molar-refractivity contribution in [1.82, 2.24) is 0 Å². The Morgan fingerprint density at radius 1 is 1.32 bits per heavy atom. The molecule has 0 fully saturated rings.